The van der Waals surface area contributed by atoms with Crippen molar-refractivity contribution in [1.82, 2.24) is 14.8 Å². The summed E-state index contributed by atoms with van der Waals surface area (Å²) < 4.78 is 8.67. The van der Waals surface area contributed by atoms with E-state index in [2.05, 4.69) is 71.4 Å². The normalized spacial score (nSPS) is 14.1. The molecular formula is C28H35BrN4O3. The fourth-order valence-electron chi connectivity index (χ4n) is 4.59. The van der Waals surface area contributed by atoms with Gasteiger partial charge in [0.2, 0.25) is 5.88 Å². The number of pyridine rings is 1. The molecule has 0 saturated carbocycles. The number of rotatable bonds is 9. The number of halogens is 1. The minimum atomic E-state index is -0.826. The second kappa shape index (κ2) is 11.0. The van der Waals surface area contributed by atoms with Crippen LogP contribution in [0.3, 0.4) is 0 Å². The Bertz CT molecular complexity index is 1230. The van der Waals surface area contributed by atoms with Crippen molar-refractivity contribution in [2.75, 3.05) is 18.5 Å². The van der Waals surface area contributed by atoms with E-state index >= 15 is 0 Å². The number of aryl methyl sites for hydroxylation is 2. The molecule has 3 aromatic rings. The monoisotopic (exact) mass is 554 g/mol. The third-order valence-corrected chi connectivity index (χ3v) is 7.35. The van der Waals surface area contributed by atoms with Crippen LogP contribution in [-0.4, -0.2) is 39.0 Å². The zero-order valence-corrected chi connectivity index (χ0v) is 23.1. The number of carboxylic acids is 1. The van der Waals surface area contributed by atoms with Crippen molar-refractivity contribution in [3.05, 3.63) is 68.9 Å². The van der Waals surface area contributed by atoms with Crippen LogP contribution >= 0.6 is 15.9 Å². The molecule has 2 N–H and O–H groups in total. The number of carboxylic acid groups (broad SMARTS) is 1. The van der Waals surface area contributed by atoms with Crippen LogP contribution < -0.4 is 10.1 Å². The second-order valence-corrected chi connectivity index (χ2v) is 11.4. The van der Waals surface area contributed by atoms with Crippen molar-refractivity contribution in [2.45, 2.75) is 64.2 Å². The van der Waals surface area contributed by atoms with Gasteiger partial charge in [-0.25, -0.2) is 9.67 Å². The number of aliphatic carboxylic acids is 1. The number of fused-ring (bicyclic) bond motifs is 1. The SMILES string of the molecule is Cn1nc(CC(CC(=O)O)c2cc(C(C)(C)C)ccc2Br)cc1OCCc1ccc2c(n1)NCCC2. The minimum absolute atomic E-state index is 0.0248. The van der Waals surface area contributed by atoms with Gasteiger partial charge in [0.1, 0.15) is 5.82 Å². The molecule has 7 nitrogen and oxygen atoms in total. The van der Waals surface area contributed by atoms with Gasteiger partial charge >= 0.3 is 5.97 Å². The average molecular weight is 556 g/mol. The number of hydrogen-bond donors (Lipinski definition) is 2. The molecule has 8 heteroatoms. The number of benzene rings is 1. The Morgan fingerprint density at radius 3 is 2.78 bits per heavy atom. The molecule has 192 valence electrons. The first-order valence-electron chi connectivity index (χ1n) is 12.5. The molecule has 3 heterocycles. The van der Waals surface area contributed by atoms with Crippen LogP contribution in [0.1, 0.15) is 67.6 Å². The average Bonchev–Trinajstić information content (AvgIpc) is 3.16. The molecule has 4 rings (SSSR count). The summed E-state index contributed by atoms with van der Waals surface area (Å²) >= 11 is 3.65. The molecule has 0 amide bonds. The van der Waals surface area contributed by atoms with E-state index in [1.807, 2.05) is 19.2 Å². The van der Waals surface area contributed by atoms with E-state index in [0.717, 1.165) is 46.6 Å². The van der Waals surface area contributed by atoms with Gasteiger partial charge in [-0.2, -0.15) is 5.10 Å². The van der Waals surface area contributed by atoms with Crippen LogP contribution in [-0.2, 0) is 36.5 Å². The molecule has 0 saturated heterocycles. The van der Waals surface area contributed by atoms with Gasteiger partial charge in [-0.15, -0.1) is 0 Å². The van der Waals surface area contributed by atoms with Crippen molar-refractivity contribution >= 4 is 27.7 Å². The summed E-state index contributed by atoms with van der Waals surface area (Å²) in [5.41, 5.74) is 5.21. The molecule has 1 aliphatic heterocycles. The van der Waals surface area contributed by atoms with Crippen LogP contribution in [0.4, 0.5) is 5.82 Å². The highest BCUT2D eigenvalue weighted by molar-refractivity contribution is 9.10. The molecule has 0 spiro atoms. The molecule has 0 fully saturated rings. The third kappa shape index (κ3) is 6.46. The molecule has 1 unspecified atom stereocenters. The van der Waals surface area contributed by atoms with Crippen molar-refractivity contribution in [3.8, 4) is 5.88 Å². The van der Waals surface area contributed by atoms with Crippen LogP contribution in [0.2, 0.25) is 0 Å². The lowest BCUT2D eigenvalue weighted by Crippen LogP contribution is -2.15. The van der Waals surface area contributed by atoms with Crippen molar-refractivity contribution in [2.24, 2.45) is 7.05 Å². The molecule has 0 radical (unpaired) electrons. The first-order valence-corrected chi connectivity index (χ1v) is 13.3. The van der Waals surface area contributed by atoms with Crippen LogP contribution in [0.15, 0.2) is 40.9 Å². The number of aromatic nitrogens is 3. The highest BCUT2D eigenvalue weighted by Gasteiger charge is 2.23. The van der Waals surface area contributed by atoms with Crippen molar-refractivity contribution in [3.63, 3.8) is 0 Å². The molecule has 0 bridgehead atoms. The summed E-state index contributed by atoms with van der Waals surface area (Å²) in [6, 6.07) is 12.4. The van der Waals surface area contributed by atoms with Crippen LogP contribution in [0.5, 0.6) is 5.88 Å². The Kier molecular flexibility index (Phi) is 8.03. The third-order valence-electron chi connectivity index (χ3n) is 6.63. The lowest BCUT2D eigenvalue weighted by atomic mass is 9.83. The van der Waals surface area contributed by atoms with E-state index in [4.69, 9.17) is 9.72 Å². The first kappa shape index (κ1) is 26.2. The Morgan fingerprint density at radius 1 is 1.22 bits per heavy atom. The lowest BCUT2D eigenvalue weighted by Gasteiger charge is -2.23. The van der Waals surface area contributed by atoms with Crippen molar-refractivity contribution < 1.29 is 14.6 Å². The quantitative estimate of drug-likeness (QED) is 0.355. The number of nitrogens with zero attached hydrogens (tertiary/aromatic N) is 3. The zero-order chi connectivity index (χ0) is 25.9. The largest absolute Gasteiger partial charge is 0.481 e. The summed E-state index contributed by atoms with van der Waals surface area (Å²) in [4.78, 5) is 16.5. The van der Waals surface area contributed by atoms with Gasteiger partial charge in [-0.05, 0) is 53.5 Å². The predicted molar refractivity (Wildman–Crippen MR) is 145 cm³/mol. The maximum atomic E-state index is 11.7. The molecule has 2 aromatic heterocycles. The molecule has 1 aliphatic rings. The van der Waals surface area contributed by atoms with Gasteiger partial charge in [0.25, 0.3) is 0 Å². The summed E-state index contributed by atoms with van der Waals surface area (Å²) in [5, 5.41) is 17.6. The van der Waals surface area contributed by atoms with Gasteiger partial charge in [-0.1, -0.05) is 54.9 Å². The summed E-state index contributed by atoms with van der Waals surface area (Å²) in [5.74, 6) is 0.618. The van der Waals surface area contributed by atoms with Gasteiger partial charge in [0.05, 0.1) is 18.7 Å². The molecule has 1 aromatic carbocycles. The molecule has 0 aliphatic carbocycles. The number of ether oxygens (including phenoxy) is 1. The van der Waals surface area contributed by atoms with E-state index < -0.39 is 5.97 Å². The van der Waals surface area contributed by atoms with Gasteiger partial charge in [0, 0.05) is 42.2 Å². The standard InChI is InChI=1S/C28H35BrN4O3/c1-28(2,3)20-8-10-24(29)23(16-20)19(15-26(34)35)14-22-17-25(33(4)32-22)36-13-11-21-9-7-18-6-5-12-30-27(18)31-21/h7-10,16-17,19H,5-6,11-15H2,1-4H3,(H,30,31)(H,34,35). The minimum Gasteiger partial charge on any atom is -0.481 e. The Balaban J connectivity index is 1.45. The molecular weight excluding hydrogens is 520 g/mol. The maximum absolute atomic E-state index is 11.7. The van der Waals surface area contributed by atoms with Crippen LogP contribution in [0.25, 0.3) is 0 Å². The summed E-state index contributed by atoms with van der Waals surface area (Å²) in [6.07, 6.45) is 3.45. The van der Waals surface area contributed by atoms with E-state index in [1.54, 1.807) is 4.68 Å². The van der Waals surface area contributed by atoms with E-state index in [1.165, 1.54) is 11.1 Å². The second-order valence-electron chi connectivity index (χ2n) is 10.5. The molecule has 36 heavy (non-hydrogen) atoms. The highest BCUT2D eigenvalue weighted by atomic mass is 79.9. The highest BCUT2D eigenvalue weighted by Crippen LogP contribution is 2.35. The Labute approximate surface area is 221 Å². The van der Waals surface area contributed by atoms with E-state index in [-0.39, 0.29) is 17.8 Å². The Morgan fingerprint density at radius 2 is 2.03 bits per heavy atom. The number of anilines is 1. The van der Waals surface area contributed by atoms with Gasteiger partial charge in [-0.3, -0.25) is 4.79 Å². The molecule has 1 atom stereocenters. The maximum Gasteiger partial charge on any atom is 0.303 e. The van der Waals surface area contributed by atoms with E-state index in [9.17, 15) is 9.90 Å². The predicted octanol–water partition coefficient (Wildman–Crippen LogP) is 5.66. The fraction of sp³-hybridized carbons (Fsp3) is 0.464. The number of carbonyl (C=O) groups is 1. The van der Waals surface area contributed by atoms with Crippen molar-refractivity contribution in [1.29, 1.82) is 0 Å². The topological polar surface area (TPSA) is 89.3 Å². The van der Waals surface area contributed by atoms with Crippen LogP contribution in [0, 0.1) is 0 Å². The first-order chi connectivity index (χ1) is 17.1. The summed E-state index contributed by atoms with van der Waals surface area (Å²) in [6.45, 7) is 7.93. The number of nitrogens with one attached hydrogen (secondary N) is 1. The fourth-order valence-corrected chi connectivity index (χ4v) is 5.16. The smallest absolute Gasteiger partial charge is 0.303 e. The van der Waals surface area contributed by atoms with E-state index in [0.29, 0.717) is 25.3 Å². The van der Waals surface area contributed by atoms with Gasteiger partial charge in [0.15, 0.2) is 0 Å². The Hall–Kier alpha value is -2.87. The number of hydrogen-bond acceptors (Lipinski definition) is 5. The zero-order valence-electron chi connectivity index (χ0n) is 21.5. The summed E-state index contributed by atoms with van der Waals surface area (Å²) in [7, 11) is 1.85. The van der Waals surface area contributed by atoms with Gasteiger partial charge < -0.3 is 15.2 Å². The lowest BCUT2D eigenvalue weighted by molar-refractivity contribution is -0.137.